The predicted molar refractivity (Wildman–Crippen MR) is 45.8 cm³/mol. The van der Waals surface area contributed by atoms with Gasteiger partial charge in [-0.2, -0.15) is 0 Å². The molecule has 1 saturated carbocycles. The van der Waals surface area contributed by atoms with E-state index in [1.807, 2.05) is 0 Å². The smallest absolute Gasteiger partial charge is 0.317 e. The Kier molecular flexibility index (Phi) is 2.34. The lowest BCUT2D eigenvalue weighted by Gasteiger charge is -2.16. The molecule has 2 aliphatic rings. The van der Waals surface area contributed by atoms with Crippen LogP contribution in [0.25, 0.3) is 0 Å². The molecule has 2 rings (SSSR count). The van der Waals surface area contributed by atoms with Crippen LogP contribution < -0.4 is 0 Å². The molecule has 0 N–H and O–H groups in total. The van der Waals surface area contributed by atoms with E-state index in [1.54, 1.807) is 0 Å². The van der Waals surface area contributed by atoms with Crippen molar-refractivity contribution < 1.29 is 14.3 Å². The molecule has 1 aliphatic heterocycles. The molecule has 2 atom stereocenters. The number of carbonyl (C=O) groups excluding carboxylic acids is 2. The van der Waals surface area contributed by atoms with Crippen LogP contribution in [0.2, 0.25) is 0 Å². The van der Waals surface area contributed by atoms with Gasteiger partial charge in [0.25, 0.3) is 0 Å². The molecule has 0 spiro atoms. The number of hydrogen-bond donors (Lipinski definition) is 0. The number of cyclic esters (lactones) is 2. The summed E-state index contributed by atoms with van der Waals surface area (Å²) in [6.45, 7) is 0. The van der Waals surface area contributed by atoms with Gasteiger partial charge in [-0.15, -0.1) is 0 Å². The Labute approximate surface area is 77.4 Å². The molecule has 0 amide bonds. The molecule has 1 heterocycles. The van der Waals surface area contributed by atoms with Gasteiger partial charge in [0.15, 0.2) is 0 Å². The van der Waals surface area contributed by atoms with Crippen molar-refractivity contribution in [2.24, 2.45) is 11.8 Å². The van der Waals surface area contributed by atoms with Crippen LogP contribution in [0.1, 0.15) is 38.5 Å². The third-order valence-electron chi connectivity index (χ3n) is 3.07. The van der Waals surface area contributed by atoms with E-state index in [0.717, 1.165) is 25.7 Å². The van der Waals surface area contributed by atoms with Gasteiger partial charge in [-0.1, -0.05) is 25.7 Å². The van der Waals surface area contributed by atoms with Crippen molar-refractivity contribution in [1.82, 2.24) is 0 Å². The van der Waals surface area contributed by atoms with E-state index in [1.165, 1.54) is 12.8 Å². The van der Waals surface area contributed by atoms with E-state index in [9.17, 15) is 9.59 Å². The Morgan fingerprint density at radius 3 is 1.77 bits per heavy atom. The quantitative estimate of drug-likeness (QED) is 0.422. The van der Waals surface area contributed by atoms with Crippen molar-refractivity contribution in [2.75, 3.05) is 0 Å². The molecule has 0 aromatic rings. The standard InChI is InChI=1S/C10H14O3/c11-9-7-5-3-1-2-4-6-8(7)10(12)13-9/h7-8H,1-6H2/t7-,8?/m0/s1. The van der Waals surface area contributed by atoms with Gasteiger partial charge in [0.05, 0.1) is 11.8 Å². The minimum Gasteiger partial charge on any atom is -0.393 e. The highest BCUT2D eigenvalue weighted by molar-refractivity contribution is 5.96. The molecule has 72 valence electrons. The maximum Gasteiger partial charge on any atom is 0.317 e. The highest BCUT2D eigenvalue weighted by Crippen LogP contribution is 2.34. The van der Waals surface area contributed by atoms with Gasteiger partial charge in [-0.25, -0.2) is 0 Å². The van der Waals surface area contributed by atoms with Gasteiger partial charge >= 0.3 is 11.9 Å². The van der Waals surface area contributed by atoms with Crippen LogP contribution >= 0.6 is 0 Å². The van der Waals surface area contributed by atoms with Crippen molar-refractivity contribution in [3.8, 4) is 0 Å². The van der Waals surface area contributed by atoms with Crippen molar-refractivity contribution in [3.63, 3.8) is 0 Å². The monoisotopic (exact) mass is 182 g/mol. The van der Waals surface area contributed by atoms with E-state index in [0.29, 0.717) is 0 Å². The third kappa shape index (κ3) is 1.60. The first-order valence-electron chi connectivity index (χ1n) is 5.04. The lowest BCUT2D eigenvalue weighted by molar-refractivity contribution is -0.153. The summed E-state index contributed by atoms with van der Waals surface area (Å²) in [6, 6.07) is 0. The maximum atomic E-state index is 11.2. The molecule has 0 aromatic carbocycles. The summed E-state index contributed by atoms with van der Waals surface area (Å²) < 4.78 is 4.64. The van der Waals surface area contributed by atoms with Crippen LogP contribution in [0.4, 0.5) is 0 Å². The molecular weight excluding hydrogens is 168 g/mol. The molecular formula is C10H14O3. The summed E-state index contributed by atoms with van der Waals surface area (Å²) >= 11 is 0. The molecule has 1 aliphatic carbocycles. The van der Waals surface area contributed by atoms with Crippen LogP contribution in [-0.2, 0) is 14.3 Å². The molecule has 1 unspecified atom stereocenters. The lowest BCUT2D eigenvalue weighted by Crippen LogP contribution is -2.19. The third-order valence-corrected chi connectivity index (χ3v) is 3.07. The van der Waals surface area contributed by atoms with Crippen molar-refractivity contribution >= 4 is 11.9 Å². The maximum absolute atomic E-state index is 11.2. The van der Waals surface area contributed by atoms with Crippen LogP contribution in [0.3, 0.4) is 0 Å². The highest BCUT2D eigenvalue weighted by atomic mass is 16.6. The number of ether oxygens (including phenoxy) is 1. The van der Waals surface area contributed by atoms with Gasteiger partial charge in [-0.3, -0.25) is 9.59 Å². The minimum atomic E-state index is -0.281. The Morgan fingerprint density at radius 2 is 1.31 bits per heavy atom. The number of esters is 2. The van der Waals surface area contributed by atoms with E-state index >= 15 is 0 Å². The first kappa shape index (κ1) is 8.73. The second-order valence-corrected chi connectivity index (χ2v) is 3.94. The Bertz CT molecular complexity index is 210. The first-order chi connectivity index (χ1) is 6.29. The minimum absolute atomic E-state index is 0.118. The fourth-order valence-corrected chi connectivity index (χ4v) is 2.30. The summed E-state index contributed by atoms with van der Waals surface area (Å²) in [5, 5.41) is 0. The summed E-state index contributed by atoms with van der Waals surface area (Å²) in [6.07, 6.45) is 6.17. The zero-order chi connectivity index (χ0) is 9.26. The molecule has 0 aromatic heterocycles. The number of rotatable bonds is 0. The second kappa shape index (κ2) is 3.48. The lowest BCUT2D eigenvalue weighted by atomic mass is 9.83. The molecule has 0 bridgehead atoms. The number of fused-ring (bicyclic) bond motifs is 1. The second-order valence-electron chi connectivity index (χ2n) is 3.94. The van der Waals surface area contributed by atoms with Crippen molar-refractivity contribution in [1.29, 1.82) is 0 Å². The zero-order valence-electron chi connectivity index (χ0n) is 7.62. The SMILES string of the molecule is O=C1OC(=O)[C@H]2CCCCCCC12. The van der Waals surface area contributed by atoms with E-state index in [4.69, 9.17) is 0 Å². The molecule has 3 nitrogen and oxygen atoms in total. The van der Waals surface area contributed by atoms with Crippen LogP contribution in [-0.4, -0.2) is 11.9 Å². The highest BCUT2D eigenvalue weighted by Gasteiger charge is 2.43. The number of carbonyl (C=O) groups is 2. The van der Waals surface area contributed by atoms with Gasteiger partial charge in [0.1, 0.15) is 0 Å². The summed E-state index contributed by atoms with van der Waals surface area (Å²) in [4.78, 5) is 22.5. The topological polar surface area (TPSA) is 43.4 Å². The Morgan fingerprint density at radius 1 is 0.846 bits per heavy atom. The molecule has 13 heavy (non-hydrogen) atoms. The summed E-state index contributed by atoms with van der Waals surface area (Å²) in [5.41, 5.74) is 0. The Balaban J connectivity index is 2.11. The van der Waals surface area contributed by atoms with Gasteiger partial charge in [0.2, 0.25) is 0 Å². The molecule has 0 radical (unpaired) electrons. The van der Waals surface area contributed by atoms with E-state index in [-0.39, 0.29) is 23.8 Å². The average Bonchev–Trinajstić information content (AvgIpc) is 2.25. The first-order valence-corrected chi connectivity index (χ1v) is 5.04. The van der Waals surface area contributed by atoms with E-state index in [2.05, 4.69) is 4.74 Å². The predicted octanol–water partition coefficient (Wildman–Crippen LogP) is 1.66. The fourth-order valence-electron chi connectivity index (χ4n) is 2.30. The largest absolute Gasteiger partial charge is 0.393 e. The number of hydrogen-bond acceptors (Lipinski definition) is 3. The van der Waals surface area contributed by atoms with Crippen molar-refractivity contribution in [3.05, 3.63) is 0 Å². The van der Waals surface area contributed by atoms with Crippen LogP contribution in [0.5, 0.6) is 0 Å². The van der Waals surface area contributed by atoms with Gasteiger partial charge in [0, 0.05) is 0 Å². The normalized spacial score (nSPS) is 34.8. The van der Waals surface area contributed by atoms with E-state index < -0.39 is 0 Å². The molecule has 3 heteroatoms. The molecule has 1 saturated heterocycles. The Hall–Kier alpha value is -0.860. The van der Waals surface area contributed by atoms with Gasteiger partial charge < -0.3 is 4.74 Å². The summed E-state index contributed by atoms with van der Waals surface area (Å²) in [5.74, 6) is -0.797. The van der Waals surface area contributed by atoms with Crippen LogP contribution in [0.15, 0.2) is 0 Å². The molecule has 2 fully saturated rings. The van der Waals surface area contributed by atoms with Gasteiger partial charge in [-0.05, 0) is 12.8 Å². The average molecular weight is 182 g/mol. The summed E-state index contributed by atoms with van der Waals surface area (Å²) in [7, 11) is 0. The van der Waals surface area contributed by atoms with Crippen LogP contribution in [0, 0.1) is 11.8 Å². The van der Waals surface area contributed by atoms with Crippen molar-refractivity contribution in [2.45, 2.75) is 38.5 Å². The zero-order valence-corrected chi connectivity index (χ0v) is 7.62. The fraction of sp³-hybridized carbons (Fsp3) is 0.800.